The summed E-state index contributed by atoms with van der Waals surface area (Å²) >= 11 is 0. The number of piperazine rings is 1. The van der Waals surface area contributed by atoms with Crippen molar-refractivity contribution in [1.82, 2.24) is 9.80 Å². The number of carbonyl (C=O) groups excluding carboxylic acids is 1. The summed E-state index contributed by atoms with van der Waals surface area (Å²) in [6.45, 7) is 1.26. The number of amides is 1. The Morgan fingerprint density at radius 3 is 2.50 bits per heavy atom. The zero-order valence-corrected chi connectivity index (χ0v) is 11.9. The van der Waals surface area contributed by atoms with Gasteiger partial charge in [-0.1, -0.05) is 0 Å². The van der Waals surface area contributed by atoms with Crippen LogP contribution in [0.25, 0.3) is 0 Å². The number of likely N-dealkylation sites (N-methyl/N-ethyl adjacent to an activating group) is 1. The quantitative estimate of drug-likeness (QED) is 0.798. The molecule has 1 amide bonds. The summed E-state index contributed by atoms with van der Waals surface area (Å²) in [5.41, 5.74) is -1.18. The van der Waals surface area contributed by atoms with Crippen molar-refractivity contribution in [3.63, 3.8) is 0 Å². The van der Waals surface area contributed by atoms with Crippen LogP contribution in [0.3, 0.4) is 0 Å². The Hall–Kier alpha value is -2.07. The highest BCUT2D eigenvalue weighted by molar-refractivity contribution is 5.95. The van der Waals surface area contributed by atoms with Crippen LogP contribution in [0.4, 0.5) is 13.2 Å². The molecule has 116 valence electrons. The van der Waals surface area contributed by atoms with Gasteiger partial charge in [0.15, 0.2) is 0 Å². The van der Waals surface area contributed by atoms with E-state index < -0.39 is 17.6 Å². The van der Waals surface area contributed by atoms with Gasteiger partial charge in [-0.25, -0.2) is 0 Å². The highest BCUT2D eigenvalue weighted by Crippen LogP contribution is 2.33. The molecule has 22 heavy (non-hydrogen) atoms. The average Bonchev–Trinajstić information content (AvgIpc) is 3.04. The van der Waals surface area contributed by atoms with Gasteiger partial charge in [-0.2, -0.15) is 18.4 Å². The first-order chi connectivity index (χ1) is 10.3. The van der Waals surface area contributed by atoms with Crippen molar-refractivity contribution in [2.75, 3.05) is 20.1 Å². The van der Waals surface area contributed by atoms with Gasteiger partial charge in [-0.15, -0.1) is 0 Å². The number of hydrogen-bond donors (Lipinski definition) is 0. The molecule has 3 rings (SSSR count). The molecule has 2 atom stereocenters. The number of fused-ring (bicyclic) bond motifs is 2. The van der Waals surface area contributed by atoms with E-state index in [9.17, 15) is 18.0 Å². The third-order valence-corrected chi connectivity index (χ3v) is 4.41. The molecule has 0 radical (unpaired) electrons. The van der Waals surface area contributed by atoms with Crippen molar-refractivity contribution in [2.45, 2.75) is 24.7 Å². The molecule has 0 saturated carbocycles. The summed E-state index contributed by atoms with van der Waals surface area (Å²) in [4.78, 5) is 16.3. The van der Waals surface area contributed by atoms with Crippen molar-refractivity contribution in [1.29, 1.82) is 5.26 Å². The van der Waals surface area contributed by atoms with E-state index in [1.165, 1.54) is 6.07 Å². The maximum Gasteiger partial charge on any atom is 0.416 e. The zero-order chi connectivity index (χ0) is 16.1. The van der Waals surface area contributed by atoms with Crippen LogP contribution in [-0.2, 0) is 6.18 Å². The van der Waals surface area contributed by atoms with Crippen LogP contribution >= 0.6 is 0 Å². The number of alkyl halides is 3. The molecule has 1 aromatic rings. The SMILES string of the molecule is CN1C[C@@H]2C[C@H]1CN2C(=O)c1cc(C#N)cc(C(F)(F)F)c1. The topological polar surface area (TPSA) is 47.3 Å². The Morgan fingerprint density at radius 1 is 1.27 bits per heavy atom. The van der Waals surface area contributed by atoms with E-state index in [0.717, 1.165) is 25.1 Å². The van der Waals surface area contributed by atoms with Crippen LogP contribution in [0.1, 0.15) is 27.9 Å². The largest absolute Gasteiger partial charge is 0.416 e. The molecule has 2 aliphatic rings. The molecule has 2 saturated heterocycles. The van der Waals surface area contributed by atoms with Crippen molar-refractivity contribution < 1.29 is 18.0 Å². The molecule has 0 unspecified atom stereocenters. The monoisotopic (exact) mass is 309 g/mol. The predicted molar refractivity (Wildman–Crippen MR) is 72.0 cm³/mol. The third kappa shape index (κ3) is 2.44. The maximum atomic E-state index is 12.9. The van der Waals surface area contributed by atoms with Gasteiger partial charge in [0.05, 0.1) is 17.2 Å². The molecule has 2 bridgehead atoms. The van der Waals surface area contributed by atoms with E-state index in [4.69, 9.17) is 5.26 Å². The van der Waals surface area contributed by atoms with Gasteiger partial charge in [-0.3, -0.25) is 9.69 Å². The normalized spacial score (nSPS) is 24.6. The van der Waals surface area contributed by atoms with E-state index in [-0.39, 0.29) is 23.2 Å². The second kappa shape index (κ2) is 4.99. The lowest BCUT2D eigenvalue weighted by Gasteiger charge is -2.32. The Kier molecular flexibility index (Phi) is 3.37. The van der Waals surface area contributed by atoms with Crippen molar-refractivity contribution in [3.8, 4) is 6.07 Å². The fraction of sp³-hybridized carbons (Fsp3) is 0.467. The van der Waals surface area contributed by atoms with E-state index >= 15 is 0 Å². The fourth-order valence-electron chi connectivity index (χ4n) is 3.26. The van der Waals surface area contributed by atoms with Crippen LogP contribution < -0.4 is 0 Å². The number of carbonyl (C=O) groups is 1. The predicted octanol–water partition coefficient (Wildman–Crippen LogP) is 2.11. The van der Waals surface area contributed by atoms with Gasteiger partial charge < -0.3 is 4.90 Å². The second-order valence-electron chi connectivity index (χ2n) is 5.85. The van der Waals surface area contributed by atoms with E-state index in [1.54, 1.807) is 11.0 Å². The Labute approximate surface area is 125 Å². The lowest BCUT2D eigenvalue weighted by atomic mass is 10.0. The molecule has 4 nitrogen and oxygen atoms in total. The number of halogens is 3. The Bertz CT molecular complexity index is 663. The Balaban J connectivity index is 1.92. The first-order valence-electron chi connectivity index (χ1n) is 6.93. The minimum absolute atomic E-state index is 0.0441. The number of nitriles is 1. The first kappa shape index (κ1) is 14.9. The van der Waals surface area contributed by atoms with Gasteiger partial charge in [-0.05, 0) is 31.7 Å². The number of rotatable bonds is 1. The number of nitrogens with zero attached hydrogens (tertiary/aromatic N) is 3. The van der Waals surface area contributed by atoms with Crippen LogP contribution in [0.5, 0.6) is 0 Å². The molecule has 0 aromatic heterocycles. The molecule has 0 N–H and O–H groups in total. The molecule has 0 aliphatic carbocycles. The van der Waals surface area contributed by atoms with Gasteiger partial charge in [0.2, 0.25) is 0 Å². The average molecular weight is 309 g/mol. The third-order valence-electron chi connectivity index (χ3n) is 4.41. The molecule has 2 fully saturated rings. The zero-order valence-electron chi connectivity index (χ0n) is 11.9. The minimum atomic E-state index is -4.58. The van der Waals surface area contributed by atoms with E-state index in [1.807, 2.05) is 7.05 Å². The highest BCUT2D eigenvalue weighted by atomic mass is 19.4. The first-order valence-corrected chi connectivity index (χ1v) is 6.93. The number of benzene rings is 1. The molecular weight excluding hydrogens is 295 g/mol. The van der Waals surface area contributed by atoms with Gasteiger partial charge in [0.25, 0.3) is 5.91 Å². The van der Waals surface area contributed by atoms with Gasteiger partial charge in [0, 0.05) is 30.7 Å². The number of hydrogen-bond acceptors (Lipinski definition) is 3. The second-order valence-corrected chi connectivity index (χ2v) is 5.85. The van der Waals surface area contributed by atoms with Crippen LogP contribution in [0.2, 0.25) is 0 Å². The standard InChI is InChI=1S/C15H14F3N3O/c1-20-7-13-5-12(20)8-21(13)14(22)10-2-9(6-19)3-11(4-10)15(16,17)18/h2-4,12-13H,5,7-8H2,1H3/t12-,13-/m0/s1. The molecule has 0 spiro atoms. The molecule has 2 heterocycles. The summed E-state index contributed by atoms with van der Waals surface area (Å²) < 4.78 is 38.7. The summed E-state index contributed by atoms with van der Waals surface area (Å²) in [6.07, 6.45) is -3.72. The lowest BCUT2D eigenvalue weighted by Crippen LogP contribution is -2.47. The smallest absolute Gasteiger partial charge is 0.333 e. The van der Waals surface area contributed by atoms with E-state index in [2.05, 4.69) is 4.90 Å². The summed E-state index contributed by atoms with van der Waals surface area (Å²) in [7, 11) is 1.98. The summed E-state index contributed by atoms with van der Waals surface area (Å²) in [5, 5.41) is 8.89. The molecular formula is C15H14F3N3O. The van der Waals surface area contributed by atoms with Crippen molar-refractivity contribution >= 4 is 5.91 Å². The van der Waals surface area contributed by atoms with Gasteiger partial charge in [0.1, 0.15) is 0 Å². The number of likely N-dealkylation sites (tertiary alicyclic amines) is 2. The van der Waals surface area contributed by atoms with Gasteiger partial charge >= 0.3 is 6.18 Å². The summed E-state index contributed by atoms with van der Waals surface area (Å²) in [6, 6.07) is 4.83. The van der Waals surface area contributed by atoms with Crippen molar-refractivity contribution in [3.05, 3.63) is 34.9 Å². The van der Waals surface area contributed by atoms with Crippen LogP contribution in [0, 0.1) is 11.3 Å². The highest BCUT2D eigenvalue weighted by Gasteiger charge is 2.44. The van der Waals surface area contributed by atoms with Crippen LogP contribution in [-0.4, -0.2) is 47.9 Å². The molecule has 7 heteroatoms. The minimum Gasteiger partial charge on any atom is -0.333 e. The van der Waals surface area contributed by atoms with E-state index in [0.29, 0.717) is 6.54 Å². The van der Waals surface area contributed by atoms with Crippen molar-refractivity contribution in [2.24, 2.45) is 0 Å². The fourth-order valence-corrected chi connectivity index (χ4v) is 3.26. The summed E-state index contributed by atoms with van der Waals surface area (Å²) in [5.74, 6) is -0.428. The lowest BCUT2D eigenvalue weighted by molar-refractivity contribution is -0.137. The molecule has 1 aromatic carbocycles. The molecule has 2 aliphatic heterocycles. The Morgan fingerprint density at radius 2 is 2.00 bits per heavy atom. The maximum absolute atomic E-state index is 12.9. The van der Waals surface area contributed by atoms with Crippen LogP contribution in [0.15, 0.2) is 18.2 Å².